The van der Waals surface area contributed by atoms with Crippen LogP contribution >= 0.6 is 0 Å². The van der Waals surface area contributed by atoms with E-state index in [1.807, 2.05) is 30.3 Å². The van der Waals surface area contributed by atoms with Gasteiger partial charge < -0.3 is 14.7 Å². The van der Waals surface area contributed by atoms with E-state index >= 15 is 0 Å². The Kier molecular flexibility index (Phi) is 5.59. The normalized spacial score (nSPS) is 15.1. The van der Waals surface area contributed by atoms with E-state index in [4.69, 9.17) is 0 Å². The van der Waals surface area contributed by atoms with Gasteiger partial charge in [0.2, 0.25) is 18.2 Å². The summed E-state index contributed by atoms with van der Waals surface area (Å²) in [7, 11) is 1.72. The zero-order valence-corrected chi connectivity index (χ0v) is 14.6. The zero-order chi connectivity index (χ0) is 17.7. The number of hydrogen-bond acceptors (Lipinski definition) is 3. The van der Waals surface area contributed by atoms with Crippen molar-refractivity contribution in [3.63, 3.8) is 0 Å². The molecule has 0 aromatic heterocycles. The van der Waals surface area contributed by atoms with Crippen molar-refractivity contribution in [3.05, 3.63) is 35.9 Å². The molecule has 24 heavy (non-hydrogen) atoms. The van der Waals surface area contributed by atoms with Crippen LogP contribution in [0.25, 0.3) is 0 Å². The highest BCUT2D eigenvalue weighted by molar-refractivity contribution is 6.04. The Morgan fingerprint density at radius 1 is 1.12 bits per heavy atom. The predicted molar refractivity (Wildman–Crippen MR) is 90.9 cm³/mol. The number of carbonyl (C=O) groups excluding carboxylic acids is 3. The molecule has 0 atom stereocenters. The van der Waals surface area contributed by atoms with Crippen molar-refractivity contribution < 1.29 is 14.4 Å². The van der Waals surface area contributed by atoms with Crippen molar-refractivity contribution in [2.45, 2.75) is 20.4 Å². The second-order valence-corrected chi connectivity index (χ2v) is 6.71. The molecule has 0 unspecified atom stereocenters. The zero-order valence-electron chi connectivity index (χ0n) is 14.6. The van der Waals surface area contributed by atoms with E-state index in [0.717, 1.165) is 12.0 Å². The summed E-state index contributed by atoms with van der Waals surface area (Å²) in [6.45, 7) is 5.78. The summed E-state index contributed by atoms with van der Waals surface area (Å²) >= 11 is 0. The third-order valence-electron chi connectivity index (χ3n) is 4.43. The number of rotatable bonds is 5. The lowest BCUT2D eigenvalue weighted by Gasteiger charge is -2.38. The van der Waals surface area contributed by atoms with Gasteiger partial charge in [0.1, 0.15) is 5.41 Å². The maximum atomic E-state index is 12.8. The molecule has 1 saturated heterocycles. The highest BCUT2D eigenvalue weighted by atomic mass is 16.2. The molecule has 1 fully saturated rings. The molecule has 1 aromatic rings. The van der Waals surface area contributed by atoms with Gasteiger partial charge in [-0.2, -0.15) is 0 Å². The van der Waals surface area contributed by atoms with Crippen molar-refractivity contribution in [2.75, 3.05) is 33.2 Å². The number of amides is 3. The van der Waals surface area contributed by atoms with E-state index in [9.17, 15) is 14.4 Å². The number of nitrogens with zero attached hydrogens (tertiary/aromatic N) is 3. The molecule has 0 bridgehead atoms. The fraction of sp³-hybridized carbons (Fsp3) is 0.500. The van der Waals surface area contributed by atoms with Crippen LogP contribution in [0.5, 0.6) is 0 Å². The Hall–Kier alpha value is -2.37. The predicted octanol–water partition coefficient (Wildman–Crippen LogP) is 0.972. The highest BCUT2D eigenvalue weighted by Gasteiger charge is 2.41. The largest absolute Gasteiger partial charge is 0.342 e. The quantitative estimate of drug-likeness (QED) is 0.597. The Balaban J connectivity index is 2.01. The molecule has 6 heteroatoms. The second kappa shape index (κ2) is 7.47. The third kappa shape index (κ3) is 3.93. The minimum Gasteiger partial charge on any atom is -0.342 e. The maximum absolute atomic E-state index is 12.8. The van der Waals surface area contributed by atoms with Gasteiger partial charge in [-0.05, 0) is 19.4 Å². The molecular weight excluding hydrogens is 306 g/mol. The molecule has 0 spiro atoms. The molecule has 1 aliphatic heterocycles. The highest BCUT2D eigenvalue weighted by Crippen LogP contribution is 2.23. The van der Waals surface area contributed by atoms with Gasteiger partial charge in [0, 0.05) is 39.8 Å². The summed E-state index contributed by atoms with van der Waals surface area (Å²) < 4.78 is 0. The van der Waals surface area contributed by atoms with Gasteiger partial charge in [0.05, 0.1) is 0 Å². The van der Waals surface area contributed by atoms with Crippen molar-refractivity contribution in [1.29, 1.82) is 0 Å². The van der Waals surface area contributed by atoms with Gasteiger partial charge in [0.15, 0.2) is 0 Å². The van der Waals surface area contributed by atoms with Crippen LogP contribution in [0, 0.1) is 5.41 Å². The van der Waals surface area contributed by atoms with Crippen molar-refractivity contribution in [1.82, 2.24) is 14.7 Å². The summed E-state index contributed by atoms with van der Waals surface area (Å²) in [6, 6.07) is 9.69. The van der Waals surface area contributed by atoms with Gasteiger partial charge in [-0.1, -0.05) is 30.3 Å². The molecule has 6 nitrogen and oxygen atoms in total. The van der Waals surface area contributed by atoms with Crippen LogP contribution in [0.3, 0.4) is 0 Å². The Bertz CT molecular complexity index is 593. The monoisotopic (exact) mass is 331 g/mol. The van der Waals surface area contributed by atoms with E-state index < -0.39 is 5.41 Å². The third-order valence-corrected chi connectivity index (χ3v) is 4.43. The number of piperazine rings is 1. The van der Waals surface area contributed by atoms with Crippen molar-refractivity contribution in [2.24, 2.45) is 5.41 Å². The molecule has 2 rings (SSSR count). The first-order valence-electron chi connectivity index (χ1n) is 8.14. The van der Waals surface area contributed by atoms with Gasteiger partial charge in [0.25, 0.3) is 0 Å². The van der Waals surface area contributed by atoms with Crippen LogP contribution in [0.2, 0.25) is 0 Å². The summed E-state index contributed by atoms with van der Waals surface area (Å²) in [6.07, 6.45) is 0.797. The first-order valence-corrected chi connectivity index (χ1v) is 8.14. The minimum absolute atomic E-state index is 0.182. The first kappa shape index (κ1) is 18.0. The summed E-state index contributed by atoms with van der Waals surface area (Å²) in [5, 5.41) is 0. The van der Waals surface area contributed by atoms with Crippen LogP contribution in [0.1, 0.15) is 19.4 Å². The average Bonchev–Trinajstić information content (AvgIpc) is 2.61. The molecule has 3 amide bonds. The lowest BCUT2D eigenvalue weighted by molar-refractivity contribution is -0.155. The average molecular weight is 331 g/mol. The van der Waals surface area contributed by atoms with Crippen LogP contribution in [0.4, 0.5) is 0 Å². The molecule has 1 aliphatic rings. The van der Waals surface area contributed by atoms with Crippen LogP contribution in [0.15, 0.2) is 30.3 Å². The Morgan fingerprint density at radius 3 is 2.25 bits per heavy atom. The van der Waals surface area contributed by atoms with Crippen LogP contribution in [-0.2, 0) is 20.9 Å². The van der Waals surface area contributed by atoms with Gasteiger partial charge in [-0.25, -0.2) is 0 Å². The topological polar surface area (TPSA) is 60.9 Å². The second-order valence-electron chi connectivity index (χ2n) is 6.71. The molecule has 0 N–H and O–H groups in total. The van der Waals surface area contributed by atoms with E-state index in [-0.39, 0.29) is 11.8 Å². The van der Waals surface area contributed by atoms with Gasteiger partial charge in [-0.15, -0.1) is 0 Å². The molecular formula is C18H25N3O3. The Morgan fingerprint density at radius 2 is 1.71 bits per heavy atom. The number of benzene rings is 1. The summed E-state index contributed by atoms with van der Waals surface area (Å²) in [5.74, 6) is -0.382. The molecule has 1 aromatic carbocycles. The summed E-state index contributed by atoms with van der Waals surface area (Å²) in [5.41, 5.74) is -0.0939. The van der Waals surface area contributed by atoms with E-state index in [2.05, 4.69) is 0 Å². The van der Waals surface area contributed by atoms with E-state index in [1.165, 1.54) is 0 Å². The lowest BCUT2D eigenvalue weighted by atomic mass is 9.89. The SMILES string of the molecule is CN(Cc1ccccc1)C(=O)C(C)(C)C(=O)N1CCN(C=O)CC1. The van der Waals surface area contributed by atoms with E-state index in [0.29, 0.717) is 32.7 Å². The van der Waals surface area contributed by atoms with Crippen molar-refractivity contribution >= 4 is 18.2 Å². The molecule has 1 heterocycles. The fourth-order valence-corrected chi connectivity index (χ4v) is 2.92. The maximum Gasteiger partial charge on any atom is 0.237 e. The van der Waals surface area contributed by atoms with E-state index in [1.54, 1.807) is 35.6 Å². The van der Waals surface area contributed by atoms with Crippen LogP contribution in [-0.4, -0.2) is 66.2 Å². The lowest BCUT2D eigenvalue weighted by Crippen LogP contribution is -2.55. The summed E-state index contributed by atoms with van der Waals surface area (Å²) in [4.78, 5) is 41.2. The van der Waals surface area contributed by atoms with Crippen LogP contribution < -0.4 is 0 Å². The number of carbonyl (C=O) groups is 3. The standard InChI is InChI=1S/C18H25N3O3/c1-18(2,17(24)21-11-9-20(14-22)10-12-21)16(23)19(3)13-15-7-5-4-6-8-15/h4-8,14H,9-13H2,1-3H3. The molecule has 0 radical (unpaired) electrons. The minimum atomic E-state index is -1.12. The number of hydrogen-bond donors (Lipinski definition) is 0. The molecule has 0 saturated carbocycles. The Labute approximate surface area is 143 Å². The molecule has 130 valence electrons. The van der Waals surface area contributed by atoms with Crippen molar-refractivity contribution in [3.8, 4) is 0 Å². The fourth-order valence-electron chi connectivity index (χ4n) is 2.92. The first-order chi connectivity index (χ1) is 11.4. The van der Waals surface area contributed by atoms with Gasteiger partial charge in [-0.3, -0.25) is 14.4 Å². The van der Waals surface area contributed by atoms with Gasteiger partial charge >= 0.3 is 0 Å². The smallest absolute Gasteiger partial charge is 0.237 e. The molecule has 0 aliphatic carbocycles.